The fourth-order valence-electron chi connectivity index (χ4n) is 1.67. The van der Waals surface area contributed by atoms with Gasteiger partial charge in [-0.3, -0.25) is 0 Å². The fourth-order valence-corrected chi connectivity index (χ4v) is 2.87. The second kappa shape index (κ2) is 4.77. The first-order chi connectivity index (χ1) is 6.19. The summed E-state index contributed by atoms with van der Waals surface area (Å²) in [5.41, 5.74) is 1.44. The van der Waals surface area contributed by atoms with Gasteiger partial charge in [0.2, 0.25) is 0 Å². The monoisotopic (exact) mass is 197 g/mol. The summed E-state index contributed by atoms with van der Waals surface area (Å²) < 4.78 is 0. The fraction of sp³-hybridized carbons (Fsp3) is 0.636. The lowest BCUT2D eigenvalue weighted by Gasteiger charge is -2.14. The van der Waals surface area contributed by atoms with Crippen LogP contribution in [0.25, 0.3) is 0 Å². The largest absolute Gasteiger partial charge is 0.310 e. The molecule has 13 heavy (non-hydrogen) atoms. The van der Waals surface area contributed by atoms with Gasteiger partial charge in [0.25, 0.3) is 0 Å². The Morgan fingerprint density at radius 1 is 1.38 bits per heavy atom. The molecule has 0 bridgehead atoms. The van der Waals surface area contributed by atoms with E-state index in [0.29, 0.717) is 6.04 Å². The van der Waals surface area contributed by atoms with Gasteiger partial charge in [-0.15, -0.1) is 11.3 Å². The van der Waals surface area contributed by atoms with Crippen LogP contribution in [-0.4, -0.2) is 6.54 Å². The third-order valence-corrected chi connectivity index (χ3v) is 3.52. The van der Waals surface area contributed by atoms with Gasteiger partial charge in [-0.25, -0.2) is 0 Å². The number of aryl methyl sites for hydroxylation is 2. The van der Waals surface area contributed by atoms with Gasteiger partial charge >= 0.3 is 0 Å². The van der Waals surface area contributed by atoms with Crippen molar-refractivity contribution in [2.24, 2.45) is 0 Å². The van der Waals surface area contributed by atoms with Gasteiger partial charge < -0.3 is 5.32 Å². The molecule has 0 aromatic carbocycles. The van der Waals surface area contributed by atoms with E-state index in [-0.39, 0.29) is 0 Å². The minimum atomic E-state index is 0.559. The highest BCUT2D eigenvalue weighted by atomic mass is 32.1. The Kier molecular flexibility index (Phi) is 3.94. The second-order valence-corrected chi connectivity index (χ2v) is 4.71. The molecule has 0 saturated heterocycles. The van der Waals surface area contributed by atoms with Crippen LogP contribution in [0.1, 0.15) is 41.6 Å². The normalized spacial score (nSPS) is 13.2. The van der Waals surface area contributed by atoms with E-state index in [2.05, 4.69) is 39.1 Å². The van der Waals surface area contributed by atoms with Gasteiger partial charge in [0.15, 0.2) is 0 Å². The Morgan fingerprint density at radius 3 is 2.46 bits per heavy atom. The van der Waals surface area contributed by atoms with Crippen LogP contribution in [0.5, 0.6) is 0 Å². The molecule has 1 unspecified atom stereocenters. The highest BCUT2D eigenvalue weighted by Gasteiger charge is 2.12. The Morgan fingerprint density at radius 2 is 2.08 bits per heavy atom. The summed E-state index contributed by atoms with van der Waals surface area (Å²) in [4.78, 5) is 2.94. The number of hydrogen-bond donors (Lipinski definition) is 1. The molecule has 0 aliphatic carbocycles. The predicted octanol–water partition coefficient (Wildman–Crippen LogP) is 3.43. The van der Waals surface area contributed by atoms with Crippen molar-refractivity contribution in [3.05, 3.63) is 21.4 Å². The van der Waals surface area contributed by atoms with Crippen molar-refractivity contribution >= 4 is 11.3 Å². The summed E-state index contributed by atoms with van der Waals surface area (Å²) in [6, 6.07) is 2.84. The third-order valence-electron chi connectivity index (χ3n) is 2.25. The summed E-state index contributed by atoms with van der Waals surface area (Å²) in [5, 5.41) is 3.51. The van der Waals surface area contributed by atoms with Crippen molar-refractivity contribution in [1.82, 2.24) is 5.32 Å². The molecule has 74 valence electrons. The summed E-state index contributed by atoms with van der Waals surface area (Å²) in [6.07, 6.45) is 1.18. The topological polar surface area (TPSA) is 12.0 Å². The first-order valence-corrected chi connectivity index (χ1v) is 5.81. The molecule has 0 fully saturated rings. The first kappa shape index (κ1) is 10.7. The highest BCUT2D eigenvalue weighted by molar-refractivity contribution is 7.12. The van der Waals surface area contributed by atoms with Gasteiger partial charge in [0.1, 0.15) is 0 Å². The maximum Gasteiger partial charge on any atom is 0.0414 e. The van der Waals surface area contributed by atoms with Crippen LogP contribution in [0.3, 0.4) is 0 Å². The van der Waals surface area contributed by atoms with Gasteiger partial charge in [-0.05, 0) is 38.4 Å². The zero-order chi connectivity index (χ0) is 9.84. The lowest BCUT2D eigenvalue weighted by atomic mass is 10.1. The zero-order valence-electron chi connectivity index (χ0n) is 8.98. The molecule has 1 aromatic rings. The summed E-state index contributed by atoms with van der Waals surface area (Å²) in [6.45, 7) is 9.84. The molecule has 0 spiro atoms. The van der Waals surface area contributed by atoms with E-state index in [4.69, 9.17) is 0 Å². The molecule has 0 saturated carbocycles. The molecular formula is C11H19NS. The van der Waals surface area contributed by atoms with Gasteiger partial charge in [-0.2, -0.15) is 0 Å². The number of rotatable bonds is 4. The lowest BCUT2D eigenvalue weighted by molar-refractivity contribution is 0.543. The summed E-state index contributed by atoms with van der Waals surface area (Å²) in [5.74, 6) is 0. The predicted molar refractivity (Wildman–Crippen MR) is 60.5 cm³/mol. The Balaban J connectivity index is 2.83. The van der Waals surface area contributed by atoms with E-state index in [9.17, 15) is 0 Å². The van der Waals surface area contributed by atoms with E-state index in [1.807, 2.05) is 11.3 Å². The van der Waals surface area contributed by atoms with E-state index >= 15 is 0 Å². The van der Waals surface area contributed by atoms with Crippen LogP contribution in [0.15, 0.2) is 6.07 Å². The Hall–Kier alpha value is -0.340. The van der Waals surface area contributed by atoms with Crippen molar-refractivity contribution in [1.29, 1.82) is 0 Å². The molecule has 1 nitrogen and oxygen atoms in total. The van der Waals surface area contributed by atoms with Crippen molar-refractivity contribution in [3.8, 4) is 0 Å². The molecule has 1 atom stereocenters. The van der Waals surface area contributed by atoms with E-state index < -0.39 is 0 Å². The van der Waals surface area contributed by atoms with E-state index in [1.54, 1.807) is 0 Å². The number of nitrogens with one attached hydrogen (secondary N) is 1. The zero-order valence-corrected chi connectivity index (χ0v) is 9.79. The molecule has 1 aromatic heterocycles. The summed E-state index contributed by atoms with van der Waals surface area (Å²) >= 11 is 1.92. The van der Waals surface area contributed by atoms with Crippen LogP contribution in [0, 0.1) is 13.8 Å². The van der Waals surface area contributed by atoms with Crippen molar-refractivity contribution in [2.45, 2.75) is 40.2 Å². The van der Waals surface area contributed by atoms with Gasteiger partial charge in [0, 0.05) is 15.8 Å². The van der Waals surface area contributed by atoms with E-state index in [0.717, 1.165) is 6.54 Å². The second-order valence-electron chi connectivity index (χ2n) is 3.42. The molecule has 1 rings (SSSR count). The first-order valence-electron chi connectivity index (χ1n) is 4.99. The minimum Gasteiger partial charge on any atom is -0.310 e. The molecule has 1 heterocycles. The molecule has 0 aliphatic heterocycles. The number of hydrogen-bond acceptors (Lipinski definition) is 2. The molecule has 0 radical (unpaired) electrons. The molecule has 0 amide bonds. The smallest absolute Gasteiger partial charge is 0.0414 e. The summed E-state index contributed by atoms with van der Waals surface area (Å²) in [7, 11) is 0. The van der Waals surface area contributed by atoms with Crippen LogP contribution in [-0.2, 0) is 0 Å². The minimum absolute atomic E-state index is 0.559. The highest BCUT2D eigenvalue weighted by Crippen LogP contribution is 2.28. The van der Waals surface area contributed by atoms with Crippen molar-refractivity contribution < 1.29 is 0 Å². The number of thiophene rings is 1. The maximum atomic E-state index is 3.51. The van der Waals surface area contributed by atoms with Crippen LogP contribution in [0.4, 0.5) is 0 Å². The third kappa shape index (κ3) is 2.55. The van der Waals surface area contributed by atoms with Crippen LogP contribution in [0.2, 0.25) is 0 Å². The molecule has 2 heteroatoms. The SMILES string of the molecule is CCNC(CC)c1sc(C)cc1C. The maximum absolute atomic E-state index is 3.51. The molecular weight excluding hydrogens is 178 g/mol. The van der Waals surface area contributed by atoms with Gasteiger partial charge in [-0.1, -0.05) is 13.8 Å². The Labute approximate surface area is 85.2 Å². The Bertz CT molecular complexity index is 265. The lowest BCUT2D eigenvalue weighted by Crippen LogP contribution is -2.19. The standard InChI is InChI=1S/C11H19NS/c1-5-10(12-6-2)11-8(3)7-9(4)13-11/h7,10,12H,5-6H2,1-4H3. The molecule has 1 N–H and O–H groups in total. The van der Waals surface area contributed by atoms with Crippen molar-refractivity contribution in [2.75, 3.05) is 6.54 Å². The van der Waals surface area contributed by atoms with Crippen LogP contribution >= 0.6 is 11.3 Å². The molecule has 0 aliphatic rings. The van der Waals surface area contributed by atoms with E-state index in [1.165, 1.54) is 21.7 Å². The average molecular weight is 197 g/mol. The average Bonchev–Trinajstić information content (AvgIpc) is 2.41. The van der Waals surface area contributed by atoms with Crippen molar-refractivity contribution in [3.63, 3.8) is 0 Å². The quantitative estimate of drug-likeness (QED) is 0.780. The van der Waals surface area contributed by atoms with Crippen LogP contribution < -0.4 is 5.32 Å². The van der Waals surface area contributed by atoms with Gasteiger partial charge in [0.05, 0.1) is 0 Å².